The van der Waals surface area contributed by atoms with Crippen LogP contribution in [0.15, 0.2) is 41.3 Å². The molecule has 0 saturated carbocycles. The van der Waals surface area contributed by atoms with Gasteiger partial charge in [0.25, 0.3) is 0 Å². The molecule has 0 saturated heterocycles. The Hall–Kier alpha value is -1.66. The molecule has 0 spiro atoms. The van der Waals surface area contributed by atoms with Gasteiger partial charge in [0.15, 0.2) is 0 Å². The lowest BCUT2D eigenvalue weighted by molar-refractivity contribution is -0.136. The molecule has 0 amide bonds. The molecule has 2 N–H and O–H groups in total. The number of allylic oxidation sites excluding steroid dienone is 1. The minimum absolute atomic E-state index is 0.103. The van der Waals surface area contributed by atoms with Crippen LogP contribution in [0.5, 0.6) is 0 Å². The van der Waals surface area contributed by atoms with E-state index < -0.39 is 16.0 Å². The van der Waals surface area contributed by atoms with Crippen molar-refractivity contribution in [1.82, 2.24) is 4.72 Å². The van der Waals surface area contributed by atoms with Gasteiger partial charge in [-0.25, -0.2) is 13.1 Å². The van der Waals surface area contributed by atoms with Gasteiger partial charge >= 0.3 is 5.97 Å². The van der Waals surface area contributed by atoms with Gasteiger partial charge in [0.05, 0.1) is 11.3 Å². The first-order chi connectivity index (χ1) is 8.97. The van der Waals surface area contributed by atoms with Crippen molar-refractivity contribution in [3.05, 3.63) is 42.0 Å². The highest BCUT2D eigenvalue weighted by molar-refractivity contribution is 7.89. The molecule has 1 aromatic carbocycles. The third kappa shape index (κ3) is 3.65. The maximum absolute atomic E-state index is 12.1. The predicted molar refractivity (Wildman–Crippen MR) is 70.3 cm³/mol. The first kappa shape index (κ1) is 13.8. The summed E-state index contributed by atoms with van der Waals surface area (Å²) in [7, 11) is -3.60. The van der Waals surface area contributed by atoms with Crippen LogP contribution in [-0.2, 0) is 21.2 Å². The van der Waals surface area contributed by atoms with Crippen molar-refractivity contribution in [3.8, 4) is 0 Å². The van der Waals surface area contributed by atoms with Crippen LogP contribution in [0.2, 0.25) is 0 Å². The molecule has 0 aliphatic heterocycles. The third-order valence-electron chi connectivity index (χ3n) is 2.88. The van der Waals surface area contributed by atoms with E-state index >= 15 is 0 Å². The standard InChI is InChI=1S/C13H15NO4S/c15-13(16)9-10-4-3-7-12(8-10)19(17,18)14-11-5-1-2-6-11/h1,3-5,7-8,11,14H,2,6,9H2,(H,15,16). The Labute approximate surface area is 112 Å². The van der Waals surface area contributed by atoms with Crippen LogP contribution in [0, 0.1) is 0 Å². The molecular weight excluding hydrogens is 266 g/mol. The Bertz CT molecular complexity index is 607. The van der Waals surface area contributed by atoms with E-state index in [1.165, 1.54) is 12.1 Å². The molecule has 19 heavy (non-hydrogen) atoms. The topological polar surface area (TPSA) is 83.5 Å². The maximum Gasteiger partial charge on any atom is 0.307 e. The number of carboxylic acid groups (broad SMARTS) is 1. The van der Waals surface area contributed by atoms with Crippen LogP contribution < -0.4 is 4.72 Å². The van der Waals surface area contributed by atoms with Crippen LogP contribution in [0.25, 0.3) is 0 Å². The van der Waals surface area contributed by atoms with E-state index in [-0.39, 0.29) is 17.4 Å². The number of hydrogen-bond acceptors (Lipinski definition) is 3. The zero-order valence-electron chi connectivity index (χ0n) is 10.2. The van der Waals surface area contributed by atoms with E-state index in [0.717, 1.165) is 12.8 Å². The average Bonchev–Trinajstić information content (AvgIpc) is 2.80. The van der Waals surface area contributed by atoms with Gasteiger partial charge in [-0.05, 0) is 30.5 Å². The summed E-state index contributed by atoms with van der Waals surface area (Å²) in [4.78, 5) is 10.7. The highest BCUT2D eigenvalue weighted by Crippen LogP contribution is 2.16. The van der Waals surface area contributed by atoms with Crippen LogP contribution in [0.3, 0.4) is 0 Å². The zero-order chi connectivity index (χ0) is 13.9. The number of aliphatic carboxylic acids is 1. The second-order valence-corrected chi connectivity index (χ2v) is 6.17. The highest BCUT2D eigenvalue weighted by Gasteiger charge is 2.20. The van der Waals surface area contributed by atoms with Crippen molar-refractivity contribution in [2.45, 2.75) is 30.2 Å². The maximum atomic E-state index is 12.1. The summed E-state index contributed by atoms with van der Waals surface area (Å²) in [5.74, 6) is -0.985. The molecule has 1 unspecified atom stereocenters. The van der Waals surface area contributed by atoms with Crippen LogP contribution >= 0.6 is 0 Å². The average molecular weight is 281 g/mol. The summed E-state index contributed by atoms with van der Waals surface area (Å²) < 4.78 is 26.9. The van der Waals surface area contributed by atoms with Crippen molar-refractivity contribution < 1.29 is 18.3 Å². The molecule has 1 aromatic rings. The number of carbonyl (C=O) groups is 1. The van der Waals surface area contributed by atoms with Gasteiger partial charge in [-0.15, -0.1) is 0 Å². The second kappa shape index (κ2) is 5.54. The van der Waals surface area contributed by atoms with E-state index in [1.54, 1.807) is 12.1 Å². The Morgan fingerprint density at radius 1 is 1.42 bits per heavy atom. The van der Waals surface area contributed by atoms with Gasteiger partial charge in [-0.1, -0.05) is 24.3 Å². The summed E-state index contributed by atoms with van der Waals surface area (Å²) in [6.45, 7) is 0. The van der Waals surface area contributed by atoms with E-state index in [4.69, 9.17) is 5.11 Å². The fraction of sp³-hybridized carbons (Fsp3) is 0.308. The molecule has 0 radical (unpaired) electrons. The smallest absolute Gasteiger partial charge is 0.307 e. The molecule has 1 aliphatic carbocycles. The summed E-state index contributed by atoms with van der Waals surface area (Å²) >= 11 is 0. The molecular formula is C13H15NO4S. The number of nitrogens with one attached hydrogen (secondary N) is 1. The van der Waals surface area contributed by atoms with E-state index in [9.17, 15) is 13.2 Å². The van der Waals surface area contributed by atoms with Crippen molar-refractivity contribution in [3.63, 3.8) is 0 Å². The molecule has 0 heterocycles. The van der Waals surface area contributed by atoms with Crippen molar-refractivity contribution in [2.75, 3.05) is 0 Å². The summed E-state index contributed by atoms with van der Waals surface area (Å²) in [5.41, 5.74) is 0.470. The lowest BCUT2D eigenvalue weighted by Crippen LogP contribution is -2.32. The van der Waals surface area contributed by atoms with Gasteiger partial charge in [0.1, 0.15) is 0 Å². The van der Waals surface area contributed by atoms with Gasteiger partial charge < -0.3 is 5.11 Å². The van der Waals surface area contributed by atoms with Crippen LogP contribution in [0.1, 0.15) is 18.4 Å². The summed E-state index contributed by atoms with van der Waals surface area (Å²) in [5, 5.41) is 8.72. The molecule has 1 atom stereocenters. The molecule has 6 heteroatoms. The largest absolute Gasteiger partial charge is 0.481 e. The third-order valence-corrected chi connectivity index (χ3v) is 4.37. The van der Waals surface area contributed by atoms with Crippen LogP contribution in [0.4, 0.5) is 0 Å². The fourth-order valence-corrected chi connectivity index (χ4v) is 3.29. The molecule has 0 fully saturated rings. The number of sulfonamides is 1. The first-order valence-electron chi connectivity index (χ1n) is 5.97. The Morgan fingerprint density at radius 3 is 2.84 bits per heavy atom. The lowest BCUT2D eigenvalue weighted by atomic mass is 10.2. The van der Waals surface area contributed by atoms with Gasteiger partial charge in [-0.3, -0.25) is 4.79 Å². The molecule has 5 nitrogen and oxygen atoms in total. The Morgan fingerprint density at radius 2 is 2.21 bits per heavy atom. The van der Waals surface area contributed by atoms with Crippen molar-refractivity contribution >= 4 is 16.0 Å². The normalized spacial score (nSPS) is 18.6. The monoisotopic (exact) mass is 281 g/mol. The lowest BCUT2D eigenvalue weighted by Gasteiger charge is -2.12. The second-order valence-electron chi connectivity index (χ2n) is 4.45. The van der Waals surface area contributed by atoms with E-state index in [2.05, 4.69) is 4.72 Å². The SMILES string of the molecule is O=C(O)Cc1cccc(S(=O)(=O)NC2C=CCC2)c1. The van der Waals surface area contributed by atoms with E-state index in [0.29, 0.717) is 5.56 Å². The molecule has 0 aromatic heterocycles. The molecule has 0 bridgehead atoms. The molecule has 102 valence electrons. The number of benzene rings is 1. The molecule has 1 aliphatic rings. The Kier molecular flexibility index (Phi) is 4.01. The minimum atomic E-state index is -3.60. The number of hydrogen-bond donors (Lipinski definition) is 2. The zero-order valence-corrected chi connectivity index (χ0v) is 11.1. The fourth-order valence-electron chi connectivity index (χ4n) is 2.00. The van der Waals surface area contributed by atoms with Gasteiger partial charge in [0, 0.05) is 6.04 Å². The quantitative estimate of drug-likeness (QED) is 0.797. The molecule has 2 rings (SSSR count). The number of carboxylic acids is 1. The van der Waals surface area contributed by atoms with Gasteiger partial charge in [-0.2, -0.15) is 0 Å². The Balaban J connectivity index is 2.19. The van der Waals surface area contributed by atoms with Crippen molar-refractivity contribution in [1.29, 1.82) is 0 Å². The van der Waals surface area contributed by atoms with E-state index in [1.807, 2.05) is 12.2 Å². The number of rotatable bonds is 5. The first-order valence-corrected chi connectivity index (χ1v) is 7.45. The van der Waals surface area contributed by atoms with Crippen molar-refractivity contribution in [2.24, 2.45) is 0 Å². The summed E-state index contributed by atoms with van der Waals surface area (Å²) in [6, 6.07) is 5.84. The summed E-state index contributed by atoms with van der Waals surface area (Å²) in [6.07, 6.45) is 5.21. The predicted octanol–water partition coefficient (Wildman–Crippen LogP) is 1.31. The highest BCUT2D eigenvalue weighted by atomic mass is 32.2. The van der Waals surface area contributed by atoms with Gasteiger partial charge in [0.2, 0.25) is 10.0 Å². The minimum Gasteiger partial charge on any atom is -0.481 e. The van der Waals surface area contributed by atoms with Crippen LogP contribution in [-0.4, -0.2) is 25.5 Å².